The van der Waals surface area contributed by atoms with Crippen LogP contribution in [-0.4, -0.2) is 31.4 Å². The number of aromatic nitrogens is 4. The molecule has 0 aromatic carbocycles. The minimum Gasteiger partial charge on any atom is -0.364 e. The fourth-order valence-electron chi connectivity index (χ4n) is 2.04. The molecular weight excluding hydrogens is 340 g/mol. The molecule has 2 amide bonds. The van der Waals surface area contributed by atoms with Crippen LogP contribution in [0.25, 0.3) is 0 Å². The Kier molecular flexibility index (Phi) is 4.12. The lowest BCUT2D eigenvalue weighted by atomic mass is 10.3. The summed E-state index contributed by atoms with van der Waals surface area (Å²) in [5.41, 5.74) is 6.83. The molecule has 0 spiro atoms. The van der Waals surface area contributed by atoms with Crippen molar-refractivity contribution in [1.82, 2.24) is 19.6 Å². The zero-order chi connectivity index (χ0) is 15.7. The van der Waals surface area contributed by atoms with E-state index < -0.39 is 11.8 Å². The topological polar surface area (TPSA) is 108 Å². The molecule has 9 heteroatoms. The standard InChI is InChI=1S/C12H15BrN6O2/c1-4-19-9(11(14)20)7(5-15-19)16-12(21)10-8(13)6(2)17-18(10)3/h5H,4H2,1-3H3,(H2,14,20)(H,16,21). The van der Waals surface area contributed by atoms with Crippen LogP contribution in [0.1, 0.15) is 33.6 Å². The lowest BCUT2D eigenvalue weighted by Crippen LogP contribution is -2.22. The number of aryl methyl sites for hydroxylation is 3. The van der Waals surface area contributed by atoms with Crippen molar-refractivity contribution in [1.29, 1.82) is 0 Å². The maximum atomic E-state index is 12.4. The Morgan fingerprint density at radius 3 is 2.57 bits per heavy atom. The van der Waals surface area contributed by atoms with E-state index in [1.165, 1.54) is 15.6 Å². The SMILES string of the molecule is CCn1ncc(NC(=O)c2c(Br)c(C)nn2C)c1C(N)=O. The third kappa shape index (κ3) is 2.68. The highest BCUT2D eigenvalue weighted by Gasteiger charge is 2.22. The molecule has 2 aromatic rings. The monoisotopic (exact) mass is 354 g/mol. The average Bonchev–Trinajstić information content (AvgIpc) is 2.91. The van der Waals surface area contributed by atoms with Gasteiger partial charge in [-0.3, -0.25) is 19.0 Å². The first-order valence-corrected chi connectivity index (χ1v) is 7.02. The largest absolute Gasteiger partial charge is 0.364 e. The van der Waals surface area contributed by atoms with Gasteiger partial charge in [-0.1, -0.05) is 0 Å². The van der Waals surface area contributed by atoms with Crippen molar-refractivity contribution in [3.8, 4) is 0 Å². The van der Waals surface area contributed by atoms with Crippen molar-refractivity contribution in [2.75, 3.05) is 5.32 Å². The zero-order valence-electron chi connectivity index (χ0n) is 11.8. The summed E-state index contributed by atoms with van der Waals surface area (Å²) < 4.78 is 3.50. The van der Waals surface area contributed by atoms with Gasteiger partial charge >= 0.3 is 0 Å². The summed E-state index contributed by atoms with van der Waals surface area (Å²) in [5, 5.41) is 10.8. The molecule has 3 N–H and O–H groups in total. The van der Waals surface area contributed by atoms with Crippen LogP contribution in [0.3, 0.4) is 0 Å². The van der Waals surface area contributed by atoms with Crippen LogP contribution in [0.5, 0.6) is 0 Å². The molecule has 112 valence electrons. The summed E-state index contributed by atoms with van der Waals surface area (Å²) >= 11 is 3.32. The Morgan fingerprint density at radius 1 is 1.43 bits per heavy atom. The number of nitrogens with two attached hydrogens (primary N) is 1. The van der Waals surface area contributed by atoms with Crippen molar-refractivity contribution >= 4 is 33.4 Å². The molecule has 2 aromatic heterocycles. The summed E-state index contributed by atoms with van der Waals surface area (Å²) in [7, 11) is 1.66. The number of nitrogens with one attached hydrogen (secondary N) is 1. The van der Waals surface area contributed by atoms with E-state index in [0.29, 0.717) is 22.4 Å². The van der Waals surface area contributed by atoms with Gasteiger partial charge in [0.25, 0.3) is 11.8 Å². The Labute approximate surface area is 129 Å². The van der Waals surface area contributed by atoms with E-state index in [0.717, 1.165) is 0 Å². The quantitative estimate of drug-likeness (QED) is 0.855. The van der Waals surface area contributed by atoms with Gasteiger partial charge in [0, 0.05) is 13.6 Å². The normalized spacial score (nSPS) is 10.7. The number of carbonyl (C=O) groups excluding carboxylic acids is 2. The van der Waals surface area contributed by atoms with Gasteiger partial charge in [0.1, 0.15) is 11.4 Å². The van der Waals surface area contributed by atoms with Crippen LogP contribution in [0, 0.1) is 6.92 Å². The first-order chi connectivity index (χ1) is 9.86. The minimum atomic E-state index is -0.648. The van der Waals surface area contributed by atoms with Crippen LogP contribution in [0.4, 0.5) is 5.69 Å². The second-order valence-corrected chi connectivity index (χ2v) is 5.21. The molecule has 2 heterocycles. The van der Waals surface area contributed by atoms with E-state index in [4.69, 9.17) is 5.73 Å². The Bertz CT molecular complexity index is 718. The van der Waals surface area contributed by atoms with Crippen molar-refractivity contribution in [3.05, 3.63) is 27.8 Å². The third-order valence-electron chi connectivity index (χ3n) is 2.98. The summed E-state index contributed by atoms with van der Waals surface area (Å²) in [6.45, 7) is 4.08. The molecule has 0 radical (unpaired) electrons. The van der Waals surface area contributed by atoms with Gasteiger partial charge in [-0.2, -0.15) is 10.2 Å². The second kappa shape index (κ2) is 5.68. The molecule has 0 fully saturated rings. The first kappa shape index (κ1) is 15.2. The molecule has 0 aliphatic rings. The van der Waals surface area contributed by atoms with Crippen LogP contribution < -0.4 is 11.1 Å². The molecule has 8 nitrogen and oxygen atoms in total. The van der Waals surface area contributed by atoms with Crippen LogP contribution in [-0.2, 0) is 13.6 Å². The van der Waals surface area contributed by atoms with Crippen LogP contribution in [0.15, 0.2) is 10.7 Å². The zero-order valence-corrected chi connectivity index (χ0v) is 13.4. The lowest BCUT2D eigenvalue weighted by Gasteiger charge is -2.07. The molecule has 0 saturated carbocycles. The van der Waals surface area contributed by atoms with Gasteiger partial charge in [0.05, 0.1) is 22.1 Å². The molecule has 21 heavy (non-hydrogen) atoms. The highest BCUT2D eigenvalue weighted by Crippen LogP contribution is 2.22. The van der Waals surface area contributed by atoms with E-state index in [-0.39, 0.29) is 11.4 Å². The molecule has 0 aliphatic carbocycles. The van der Waals surface area contributed by atoms with Gasteiger partial charge in [-0.15, -0.1) is 0 Å². The van der Waals surface area contributed by atoms with E-state index in [9.17, 15) is 9.59 Å². The number of nitrogens with zero attached hydrogens (tertiary/aromatic N) is 4. The number of halogens is 1. The maximum Gasteiger partial charge on any atom is 0.275 e. The predicted octanol–water partition coefficient (Wildman–Crippen LogP) is 1.06. The summed E-state index contributed by atoms with van der Waals surface area (Å²) in [5.74, 6) is -1.05. The first-order valence-electron chi connectivity index (χ1n) is 6.22. The van der Waals surface area contributed by atoms with Crippen molar-refractivity contribution in [3.63, 3.8) is 0 Å². The van der Waals surface area contributed by atoms with Gasteiger partial charge < -0.3 is 11.1 Å². The second-order valence-electron chi connectivity index (χ2n) is 4.41. The highest BCUT2D eigenvalue weighted by molar-refractivity contribution is 9.10. The number of primary amides is 1. The number of anilines is 1. The molecule has 0 bridgehead atoms. The Balaban J connectivity index is 2.36. The van der Waals surface area contributed by atoms with E-state index in [1.54, 1.807) is 14.0 Å². The summed E-state index contributed by atoms with van der Waals surface area (Å²) in [6, 6.07) is 0. The van der Waals surface area contributed by atoms with E-state index in [1.807, 2.05) is 6.92 Å². The molecule has 2 rings (SSSR count). The van der Waals surface area contributed by atoms with E-state index >= 15 is 0 Å². The Hall–Kier alpha value is -2.16. The minimum absolute atomic E-state index is 0.167. The van der Waals surface area contributed by atoms with Gasteiger partial charge in [-0.25, -0.2) is 0 Å². The van der Waals surface area contributed by atoms with Crippen molar-refractivity contribution in [2.45, 2.75) is 20.4 Å². The molecular formula is C12H15BrN6O2. The molecule has 0 unspecified atom stereocenters. The van der Waals surface area contributed by atoms with Gasteiger partial charge in [-0.05, 0) is 29.8 Å². The summed E-state index contributed by atoms with van der Waals surface area (Å²) in [6.07, 6.45) is 1.40. The third-order valence-corrected chi connectivity index (χ3v) is 3.93. The van der Waals surface area contributed by atoms with Crippen LogP contribution in [0.2, 0.25) is 0 Å². The molecule has 0 saturated heterocycles. The lowest BCUT2D eigenvalue weighted by molar-refractivity contribution is 0.0991. The number of rotatable bonds is 4. The number of carbonyl (C=O) groups is 2. The highest BCUT2D eigenvalue weighted by atomic mass is 79.9. The number of hydrogen-bond acceptors (Lipinski definition) is 4. The molecule has 0 aliphatic heterocycles. The maximum absolute atomic E-state index is 12.4. The number of hydrogen-bond donors (Lipinski definition) is 2. The van der Waals surface area contributed by atoms with E-state index in [2.05, 4.69) is 31.4 Å². The van der Waals surface area contributed by atoms with Crippen molar-refractivity contribution in [2.24, 2.45) is 12.8 Å². The molecule has 0 atom stereocenters. The van der Waals surface area contributed by atoms with Gasteiger partial charge in [0.2, 0.25) is 0 Å². The predicted molar refractivity (Wildman–Crippen MR) is 80.0 cm³/mol. The van der Waals surface area contributed by atoms with Crippen molar-refractivity contribution < 1.29 is 9.59 Å². The summed E-state index contributed by atoms with van der Waals surface area (Å²) in [4.78, 5) is 23.9. The smallest absolute Gasteiger partial charge is 0.275 e. The van der Waals surface area contributed by atoms with Crippen LogP contribution >= 0.6 is 15.9 Å². The number of amides is 2. The Morgan fingerprint density at radius 2 is 2.10 bits per heavy atom. The fraction of sp³-hybridized carbons (Fsp3) is 0.333. The van der Waals surface area contributed by atoms with Gasteiger partial charge in [0.15, 0.2) is 0 Å². The fourth-order valence-corrected chi connectivity index (χ4v) is 2.55. The average molecular weight is 355 g/mol.